The molecule has 0 N–H and O–H groups in total. The molecule has 1 aromatic carbocycles. The van der Waals surface area contributed by atoms with Crippen LogP contribution < -0.4 is 0 Å². The summed E-state index contributed by atoms with van der Waals surface area (Å²) in [7, 11) is 0. The highest BCUT2D eigenvalue weighted by molar-refractivity contribution is 6.08. The van der Waals surface area contributed by atoms with Gasteiger partial charge in [-0.25, -0.2) is 4.52 Å². The standard InChI is InChI=1S/C27H27N3O2/c1-26(2)12-20-17(22(31)14-26)10-19-25-21(13-27(3,4)15-23(25)32)30-24(29(19)20)11-18(28-30)16-8-6-5-7-9-16/h5-11H,12-15H2,1-4H3. The second-order valence-corrected chi connectivity index (χ2v) is 11.1. The molecule has 0 atom stereocenters. The molecule has 0 saturated heterocycles. The number of rotatable bonds is 1. The molecule has 0 radical (unpaired) electrons. The molecule has 0 amide bonds. The van der Waals surface area contributed by atoms with E-state index in [9.17, 15) is 9.59 Å². The van der Waals surface area contributed by atoms with Crippen molar-refractivity contribution in [2.75, 3.05) is 0 Å². The summed E-state index contributed by atoms with van der Waals surface area (Å²) < 4.78 is 4.11. The summed E-state index contributed by atoms with van der Waals surface area (Å²) in [5.41, 5.74) is 6.93. The highest BCUT2D eigenvalue weighted by Crippen LogP contribution is 2.42. The summed E-state index contributed by atoms with van der Waals surface area (Å²) in [6, 6.07) is 14.2. The van der Waals surface area contributed by atoms with Gasteiger partial charge in [-0.1, -0.05) is 58.0 Å². The van der Waals surface area contributed by atoms with Crippen molar-refractivity contribution in [1.29, 1.82) is 0 Å². The minimum atomic E-state index is -0.127. The normalized spacial score (nSPS) is 19.4. The molecule has 0 fully saturated rings. The zero-order chi connectivity index (χ0) is 22.4. The highest BCUT2D eigenvalue weighted by atomic mass is 16.1. The van der Waals surface area contributed by atoms with E-state index < -0.39 is 0 Å². The molecule has 3 heterocycles. The van der Waals surface area contributed by atoms with Crippen LogP contribution in [0.4, 0.5) is 0 Å². The number of ketones is 2. The molecular weight excluding hydrogens is 398 g/mol. The van der Waals surface area contributed by atoms with Crippen LogP contribution in [0, 0.1) is 10.8 Å². The van der Waals surface area contributed by atoms with E-state index in [0.29, 0.717) is 12.8 Å². The van der Waals surface area contributed by atoms with Crippen LogP contribution >= 0.6 is 0 Å². The highest BCUT2D eigenvalue weighted by Gasteiger charge is 2.39. The first-order valence-electron chi connectivity index (χ1n) is 11.3. The van der Waals surface area contributed by atoms with Gasteiger partial charge in [0.2, 0.25) is 0 Å². The quantitative estimate of drug-likeness (QED) is 0.401. The minimum Gasteiger partial charge on any atom is -0.297 e. The van der Waals surface area contributed by atoms with Gasteiger partial charge in [-0.2, -0.15) is 5.10 Å². The monoisotopic (exact) mass is 425 g/mol. The fraction of sp³-hybridized carbons (Fsp3) is 0.370. The van der Waals surface area contributed by atoms with Gasteiger partial charge in [-0.05, 0) is 29.7 Å². The first-order chi connectivity index (χ1) is 15.1. The van der Waals surface area contributed by atoms with E-state index >= 15 is 0 Å². The number of nitrogens with zero attached hydrogens (tertiary/aromatic N) is 3. The lowest BCUT2D eigenvalue weighted by molar-refractivity contribution is 0.0902. The molecule has 0 spiro atoms. The van der Waals surface area contributed by atoms with Crippen LogP contribution in [-0.2, 0) is 12.8 Å². The molecule has 6 rings (SSSR count). The maximum atomic E-state index is 13.4. The molecule has 0 aliphatic heterocycles. The van der Waals surface area contributed by atoms with Gasteiger partial charge in [-0.15, -0.1) is 0 Å². The second kappa shape index (κ2) is 6.18. The third-order valence-corrected chi connectivity index (χ3v) is 7.04. The van der Waals surface area contributed by atoms with E-state index in [0.717, 1.165) is 57.8 Å². The molecule has 0 bridgehead atoms. The van der Waals surface area contributed by atoms with Crippen molar-refractivity contribution in [3.63, 3.8) is 0 Å². The van der Waals surface area contributed by atoms with Gasteiger partial charge in [0.25, 0.3) is 0 Å². The lowest BCUT2D eigenvalue weighted by Gasteiger charge is -2.31. The van der Waals surface area contributed by atoms with E-state index in [1.54, 1.807) is 0 Å². The van der Waals surface area contributed by atoms with Crippen molar-refractivity contribution in [1.82, 2.24) is 14.0 Å². The second-order valence-electron chi connectivity index (χ2n) is 11.1. The van der Waals surface area contributed by atoms with E-state index in [1.165, 1.54) is 0 Å². The summed E-state index contributed by atoms with van der Waals surface area (Å²) in [5, 5.41) is 4.99. The third kappa shape index (κ3) is 2.73. The lowest BCUT2D eigenvalue weighted by Crippen LogP contribution is -2.30. The Morgan fingerprint density at radius 1 is 0.812 bits per heavy atom. The van der Waals surface area contributed by atoms with Crippen molar-refractivity contribution in [2.24, 2.45) is 10.8 Å². The largest absolute Gasteiger partial charge is 0.297 e. The van der Waals surface area contributed by atoms with Crippen molar-refractivity contribution in [3.05, 3.63) is 65.0 Å². The Labute approximate surface area is 187 Å². The van der Waals surface area contributed by atoms with Crippen molar-refractivity contribution < 1.29 is 9.59 Å². The average molecular weight is 426 g/mol. The summed E-state index contributed by atoms with van der Waals surface area (Å²) in [4.78, 5) is 26.5. The van der Waals surface area contributed by atoms with Crippen molar-refractivity contribution in [3.8, 4) is 11.3 Å². The minimum absolute atomic E-state index is 0.112. The van der Waals surface area contributed by atoms with Crippen molar-refractivity contribution in [2.45, 2.75) is 53.4 Å². The molecule has 0 saturated carbocycles. The lowest BCUT2D eigenvalue weighted by atomic mass is 9.75. The van der Waals surface area contributed by atoms with Crippen LogP contribution in [0.15, 0.2) is 42.5 Å². The number of fused-ring (bicyclic) bond motifs is 8. The van der Waals surface area contributed by atoms with Gasteiger partial charge in [0.05, 0.1) is 22.5 Å². The molecule has 2 aliphatic carbocycles. The van der Waals surface area contributed by atoms with Crippen LogP contribution in [0.5, 0.6) is 0 Å². The number of aromatic nitrogens is 3. The Morgan fingerprint density at radius 2 is 1.47 bits per heavy atom. The van der Waals surface area contributed by atoms with Gasteiger partial charge in [0.1, 0.15) is 5.65 Å². The number of hydrogen-bond donors (Lipinski definition) is 0. The first kappa shape index (κ1) is 19.5. The van der Waals surface area contributed by atoms with E-state index in [-0.39, 0.29) is 22.4 Å². The third-order valence-electron chi connectivity index (χ3n) is 7.04. The summed E-state index contributed by atoms with van der Waals surface area (Å²) in [6.07, 6.45) is 2.60. The molecular formula is C27H27N3O2. The van der Waals surface area contributed by atoms with Gasteiger partial charge >= 0.3 is 0 Å². The molecule has 5 heteroatoms. The Balaban J connectivity index is 1.76. The maximum Gasteiger partial charge on any atom is 0.167 e. The molecule has 162 valence electrons. The molecule has 3 aromatic heterocycles. The van der Waals surface area contributed by atoms with Gasteiger partial charge in [-0.3, -0.25) is 14.0 Å². The summed E-state index contributed by atoms with van der Waals surface area (Å²) >= 11 is 0. The fourth-order valence-electron chi connectivity index (χ4n) is 5.70. The maximum absolute atomic E-state index is 13.4. The molecule has 2 aliphatic rings. The summed E-state index contributed by atoms with van der Waals surface area (Å²) in [5.74, 6) is 0.305. The number of hydrogen-bond acceptors (Lipinski definition) is 3. The Hall–Kier alpha value is -3.21. The molecule has 4 aromatic rings. The number of carbonyl (C=O) groups is 2. The number of Topliss-reactive ketones (excluding diaryl/α,β-unsaturated/α-hetero) is 2. The van der Waals surface area contributed by atoms with Gasteiger partial charge in [0.15, 0.2) is 11.6 Å². The smallest absolute Gasteiger partial charge is 0.167 e. The number of carbonyl (C=O) groups excluding carboxylic acids is 2. The molecule has 32 heavy (non-hydrogen) atoms. The van der Waals surface area contributed by atoms with E-state index in [2.05, 4.69) is 50.3 Å². The van der Waals surface area contributed by atoms with Crippen LogP contribution in [0.1, 0.15) is 72.6 Å². The predicted octanol–water partition coefficient (Wildman–Crippen LogP) is 5.56. The SMILES string of the molecule is CC1(C)CC(=O)c2c(n3nc(-c4ccccc4)cc3n3c4c(cc23)C(=O)CC(C)(C)C4)C1. The van der Waals surface area contributed by atoms with Crippen LogP contribution in [-0.4, -0.2) is 25.6 Å². The van der Waals surface area contributed by atoms with Crippen LogP contribution in [0.3, 0.4) is 0 Å². The van der Waals surface area contributed by atoms with E-state index in [4.69, 9.17) is 5.10 Å². The Morgan fingerprint density at radius 3 is 2.19 bits per heavy atom. The van der Waals surface area contributed by atoms with Crippen molar-refractivity contribution >= 4 is 22.7 Å². The first-order valence-corrected chi connectivity index (χ1v) is 11.3. The van der Waals surface area contributed by atoms with Crippen LogP contribution in [0.2, 0.25) is 0 Å². The topological polar surface area (TPSA) is 55.9 Å². The fourth-order valence-corrected chi connectivity index (χ4v) is 5.70. The average Bonchev–Trinajstić information content (AvgIpc) is 3.29. The van der Waals surface area contributed by atoms with E-state index in [1.807, 2.05) is 28.8 Å². The van der Waals surface area contributed by atoms with Gasteiger partial charge in [0, 0.05) is 35.7 Å². The zero-order valence-electron chi connectivity index (χ0n) is 19.0. The predicted molar refractivity (Wildman–Crippen MR) is 124 cm³/mol. The molecule has 5 nitrogen and oxygen atoms in total. The molecule has 0 unspecified atom stereocenters. The number of benzene rings is 1. The Kier molecular flexibility index (Phi) is 3.76. The Bertz CT molecular complexity index is 1450. The van der Waals surface area contributed by atoms with Gasteiger partial charge < -0.3 is 0 Å². The summed E-state index contributed by atoms with van der Waals surface area (Å²) in [6.45, 7) is 8.56. The van der Waals surface area contributed by atoms with Crippen LogP contribution in [0.25, 0.3) is 22.4 Å². The zero-order valence-corrected chi connectivity index (χ0v) is 19.0.